The van der Waals surface area contributed by atoms with Crippen molar-refractivity contribution in [3.63, 3.8) is 0 Å². The van der Waals surface area contributed by atoms with E-state index in [2.05, 4.69) is 14.5 Å². The lowest BCUT2D eigenvalue weighted by Crippen LogP contribution is -2.40. The highest BCUT2D eigenvalue weighted by Gasteiger charge is 2.35. The van der Waals surface area contributed by atoms with Gasteiger partial charge in [-0.25, -0.2) is 4.79 Å². The zero-order valence-electron chi connectivity index (χ0n) is 13.0. The molecule has 1 aromatic rings. The number of carbonyl (C=O) groups is 2. The van der Waals surface area contributed by atoms with Crippen LogP contribution in [0.2, 0.25) is 0 Å². The number of hydrogen-bond acceptors (Lipinski definition) is 9. The number of nitrogen functional groups attached to an aromatic ring is 1. The lowest BCUT2D eigenvalue weighted by Gasteiger charge is -2.26. The van der Waals surface area contributed by atoms with Crippen molar-refractivity contribution in [1.29, 1.82) is 0 Å². The Morgan fingerprint density at radius 1 is 1.23 bits per heavy atom. The number of aromatic nitrogens is 2. The Morgan fingerprint density at radius 3 is 2.23 bits per heavy atom. The topological polar surface area (TPSA) is 143 Å². The van der Waals surface area contributed by atoms with Crippen molar-refractivity contribution in [2.24, 2.45) is 10.9 Å². The first kappa shape index (κ1) is 17.8. The Morgan fingerprint density at radius 2 is 1.82 bits per heavy atom. The summed E-state index contributed by atoms with van der Waals surface area (Å²) in [5.74, 6) is -1.61. The summed E-state index contributed by atoms with van der Waals surface area (Å²) in [5.41, 5.74) is 8.21. The van der Waals surface area contributed by atoms with Gasteiger partial charge in [-0.1, -0.05) is 5.16 Å². The molecule has 0 bridgehead atoms. The molecule has 4 N–H and O–H groups in total. The third-order valence-corrected chi connectivity index (χ3v) is 2.69. The van der Waals surface area contributed by atoms with Gasteiger partial charge in [0.05, 0.1) is 0 Å². The van der Waals surface area contributed by atoms with Gasteiger partial charge in [0, 0.05) is 11.5 Å². The highest BCUT2D eigenvalue weighted by molar-refractivity contribution is 7.09. The lowest BCUT2D eigenvalue weighted by molar-refractivity contribution is -0.179. The van der Waals surface area contributed by atoms with Crippen LogP contribution in [0.3, 0.4) is 0 Å². The van der Waals surface area contributed by atoms with Crippen LogP contribution in [0.5, 0.6) is 0 Å². The van der Waals surface area contributed by atoms with Crippen LogP contribution < -0.4 is 11.5 Å². The summed E-state index contributed by atoms with van der Waals surface area (Å²) in [5, 5.41) is 3.75. The number of anilines is 1. The molecule has 0 aromatic carbocycles. The Bertz CT molecular complexity index is 603. The van der Waals surface area contributed by atoms with E-state index in [0.717, 1.165) is 11.5 Å². The SMILES string of the molecule is CC(C)(C)OC(=O)C(C)(C)O/N=C(\C(N)=O)c1nsc(N)n1. The summed E-state index contributed by atoms with van der Waals surface area (Å²) in [6, 6.07) is 0. The lowest BCUT2D eigenvalue weighted by atomic mass is 10.1. The fourth-order valence-electron chi connectivity index (χ4n) is 1.13. The number of esters is 1. The third kappa shape index (κ3) is 4.95. The van der Waals surface area contributed by atoms with E-state index in [-0.39, 0.29) is 16.7 Å². The first-order valence-electron chi connectivity index (χ1n) is 6.31. The Kier molecular flexibility index (Phi) is 5.07. The maximum atomic E-state index is 12.0. The van der Waals surface area contributed by atoms with Crippen molar-refractivity contribution in [3.05, 3.63) is 5.82 Å². The number of ether oxygens (including phenoxy) is 1. The molecule has 0 radical (unpaired) electrons. The van der Waals surface area contributed by atoms with E-state index in [4.69, 9.17) is 21.0 Å². The summed E-state index contributed by atoms with van der Waals surface area (Å²) in [6.45, 7) is 8.07. The number of hydrogen-bond donors (Lipinski definition) is 2. The van der Waals surface area contributed by atoms with Gasteiger partial charge in [0.2, 0.25) is 17.1 Å². The predicted molar refractivity (Wildman–Crippen MR) is 81.1 cm³/mol. The Labute approximate surface area is 131 Å². The van der Waals surface area contributed by atoms with Gasteiger partial charge >= 0.3 is 5.97 Å². The number of nitrogens with zero attached hydrogens (tertiary/aromatic N) is 3. The summed E-state index contributed by atoms with van der Waals surface area (Å²) in [4.78, 5) is 32.3. The predicted octanol–water partition coefficient (Wildman–Crippen LogP) is 0.447. The molecule has 0 aliphatic rings. The third-order valence-electron chi connectivity index (χ3n) is 2.14. The molecule has 22 heavy (non-hydrogen) atoms. The average Bonchev–Trinajstić information content (AvgIpc) is 2.73. The maximum Gasteiger partial charge on any atom is 0.353 e. The average molecular weight is 329 g/mol. The van der Waals surface area contributed by atoms with Crippen LogP contribution >= 0.6 is 11.5 Å². The zero-order valence-corrected chi connectivity index (χ0v) is 13.9. The molecule has 1 rings (SSSR count). The Balaban J connectivity index is 2.94. The van der Waals surface area contributed by atoms with Crippen LogP contribution in [0.1, 0.15) is 40.4 Å². The molecular formula is C12H19N5O4S. The molecule has 0 unspecified atom stereocenters. The zero-order chi connectivity index (χ0) is 17.1. The second-order valence-electron chi connectivity index (χ2n) is 5.86. The van der Waals surface area contributed by atoms with Crippen LogP contribution in [0.25, 0.3) is 0 Å². The molecule has 1 heterocycles. The number of primary amides is 1. The normalized spacial score (nSPS) is 12.9. The summed E-state index contributed by atoms with van der Waals surface area (Å²) >= 11 is 0.879. The van der Waals surface area contributed by atoms with E-state index < -0.39 is 23.1 Å². The minimum Gasteiger partial charge on any atom is -0.457 e. The monoisotopic (exact) mass is 329 g/mol. The van der Waals surface area contributed by atoms with Gasteiger partial charge < -0.3 is 21.0 Å². The first-order chi connectivity index (χ1) is 9.92. The summed E-state index contributed by atoms with van der Waals surface area (Å²) in [6.07, 6.45) is 0. The number of nitrogens with two attached hydrogens (primary N) is 2. The quantitative estimate of drug-likeness (QED) is 0.453. The Hall–Kier alpha value is -2.23. The minimum absolute atomic E-state index is 0.0602. The van der Waals surface area contributed by atoms with Gasteiger partial charge in [0.15, 0.2) is 5.13 Å². The van der Waals surface area contributed by atoms with Crippen LogP contribution in [0.4, 0.5) is 5.13 Å². The second kappa shape index (κ2) is 6.26. The van der Waals surface area contributed by atoms with Crippen LogP contribution in [0.15, 0.2) is 5.16 Å². The first-order valence-corrected chi connectivity index (χ1v) is 7.09. The molecule has 0 spiro atoms. The van der Waals surface area contributed by atoms with Crippen LogP contribution in [-0.2, 0) is 19.2 Å². The van der Waals surface area contributed by atoms with E-state index in [1.54, 1.807) is 20.8 Å². The van der Waals surface area contributed by atoms with Crippen molar-refractivity contribution in [2.45, 2.75) is 45.8 Å². The molecule has 0 aliphatic carbocycles. The molecule has 0 atom stereocenters. The van der Waals surface area contributed by atoms with E-state index in [1.165, 1.54) is 13.8 Å². The van der Waals surface area contributed by atoms with Gasteiger partial charge in [-0.15, -0.1) is 0 Å². The van der Waals surface area contributed by atoms with Gasteiger partial charge in [-0.05, 0) is 34.6 Å². The molecule has 1 amide bonds. The minimum atomic E-state index is -1.42. The number of rotatable bonds is 5. The number of oxime groups is 1. The molecule has 1 aromatic heterocycles. The van der Waals surface area contributed by atoms with Gasteiger partial charge in [0.25, 0.3) is 5.91 Å². The number of carbonyl (C=O) groups excluding carboxylic acids is 2. The molecular weight excluding hydrogens is 310 g/mol. The van der Waals surface area contributed by atoms with E-state index in [1.807, 2.05) is 0 Å². The molecule has 9 nitrogen and oxygen atoms in total. The van der Waals surface area contributed by atoms with Gasteiger partial charge in [-0.3, -0.25) is 4.79 Å². The molecule has 0 saturated heterocycles. The van der Waals surface area contributed by atoms with Crippen molar-refractivity contribution in [2.75, 3.05) is 5.73 Å². The number of amides is 1. The van der Waals surface area contributed by atoms with Crippen LogP contribution in [0, 0.1) is 0 Å². The molecule has 0 aliphatic heterocycles. The fourth-order valence-corrected chi connectivity index (χ4v) is 1.56. The van der Waals surface area contributed by atoms with E-state index in [9.17, 15) is 9.59 Å². The molecule has 0 saturated carbocycles. The standard InChI is InChI=1S/C12H19N5O4S/c1-11(2,3)20-9(19)12(4,5)21-16-6(7(13)18)8-15-10(14)22-17-8/h1-5H3,(H2,13,18)(H2,14,15,17)/b16-6+. The van der Waals surface area contributed by atoms with Crippen molar-refractivity contribution in [1.82, 2.24) is 9.36 Å². The van der Waals surface area contributed by atoms with E-state index >= 15 is 0 Å². The maximum absolute atomic E-state index is 12.0. The van der Waals surface area contributed by atoms with E-state index in [0.29, 0.717) is 0 Å². The smallest absolute Gasteiger partial charge is 0.353 e. The van der Waals surface area contributed by atoms with Crippen molar-refractivity contribution < 1.29 is 19.2 Å². The van der Waals surface area contributed by atoms with Gasteiger partial charge in [0.1, 0.15) is 5.60 Å². The van der Waals surface area contributed by atoms with Gasteiger partial charge in [-0.2, -0.15) is 9.36 Å². The molecule has 0 fully saturated rings. The molecule has 10 heteroatoms. The summed E-state index contributed by atoms with van der Waals surface area (Å²) in [7, 11) is 0. The second-order valence-corrected chi connectivity index (χ2v) is 6.65. The summed E-state index contributed by atoms with van der Waals surface area (Å²) < 4.78 is 9.03. The van der Waals surface area contributed by atoms with Crippen LogP contribution in [-0.4, -0.2) is 38.1 Å². The highest BCUT2D eigenvalue weighted by atomic mass is 32.1. The largest absolute Gasteiger partial charge is 0.457 e. The van der Waals surface area contributed by atoms with Crippen molar-refractivity contribution >= 4 is 34.3 Å². The fraction of sp³-hybridized carbons (Fsp3) is 0.583. The molecule has 122 valence electrons. The van der Waals surface area contributed by atoms with Crippen molar-refractivity contribution in [3.8, 4) is 0 Å². The highest BCUT2D eigenvalue weighted by Crippen LogP contribution is 2.18.